The molecule has 0 aromatic carbocycles. The van der Waals surface area contributed by atoms with E-state index in [4.69, 9.17) is 4.74 Å². The Labute approximate surface area is 178 Å². The van der Waals surface area contributed by atoms with Gasteiger partial charge in [0.25, 0.3) is 0 Å². The number of aliphatic hydroxyl groups excluding tert-OH is 2. The van der Waals surface area contributed by atoms with E-state index in [0.717, 1.165) is 25.9 Å². The molecule has 0 bridgehead atoms. The second-order valence-electron chi connectivity index (χ2n) is 9.91. The van der Waals surface area contributed by atoms with Gasteiger partial charge in [0.1, 0.15) is 0 Å². The molecule has 0 spiro atoms. The molecule has 0 aromatic heterocycles. The van der Waals surface area contributed by atoms with Crippen LogP contribution in [0.15, 0.2) is 0 Å². The van der Waals surface area contributed by atoms with Crippen LogP contribution in [0.4, 0.5) is 0 Å². The predicted molar refractivity (Wildman–Crippen MR) is 121 cm³/mol. The van der Waals surface area contributed by atoms with Crippen molar-refractivity contribution < 1.29 is 14.9 Å². The average Bonchev–Trinajstić information content (AvgIpc) is 3.19. The third kappa shape index (κ3) is 5.67. The van der Waals surface area contributed by atoms with Crippen LogP contribution in [0.25, 0.3) is 0 Å². The van der Waals surface area contributed by atoms with Crippen molar-refractivity contribution in [3.8, 4) is 0 Å². The second kappa shape index (κ2) is 12.5. The number of hydrogen-bond donors (Lipinski definition) is 2. The zero-order valence-electron chi connectivity index (χ0n) is 19.1. The van der Waals surface area contributed by atoms with Gasteiger partial charge in [-0.1, -0.05) is 0 Å². The SMILES string of the molecule is CCC[CH2][Sn]([CH2]CCC)([CH2]CCC)[C@H]1OCC[C@]1(CO)[C@@H](O)C1CCCCC1. The van der Waals surface area contributed by atoms with Crippen molar-refractivity contribution in [1.82, 2.24) is 0 Å². The molecule has 2 N–H and O–H groups in total. The first-order valence-electron chi connectivity index (χ1n) is 12.5. The van der Waals surface area contributed by atoms with Crippen molar-refractivity contribution >= 4 is 18.4 Å². The van der Waals surface area contributed by atoms with Crippen molar-refractivity contribution in [1.29, 1.82) is 0 Å². The van der Waals surface area contributed by atoms with Crippen molar-refractivity contribution in [2.24, 2.45) is 11.3 Å². The van der Waals surface area contributed by atoms with E-state index in [0.29, 0.717) is 5.92 Å². The van der Waals surface area contributed by atoms with Crippen LogP contribution < -0.4 is 0 Å². The molecule has 2 aliphatic rings. The number of ether oxygens (including phenoxy) is 1. The monoisotopic (exact) mass is 504 g/mol. The standard InChI is InChI=1S/C12H21O3.3C4H9.Sn/c13-8-12(6-7-15-9-12)11(14)10-4-2-1-3-5-10;3*1-3-4-2;/h9-11,13-14H,1-8H2;3*1,3-4H2,2H3;/t11-,12+;;;;/m0..../s1. The van der Waals surface area contributed by atoms with E-state index in [2.05, 4.69) is 20.8 Å². The van der Waals surface area contributed by atoms with Gasteiger partial charge in [-0.25, -0.2) is 0 Å². The van der Waals surface area contributed by atoms with Crippen molar-refractivity contribution in [2.45, 2.75) is 121 Å². The molecule has 1 heterocycles. The maximum absolute atomic E-state index is 11.6. The van der Waals surface area contributed by atoms with Crippen molar-refractivity contribution in [3.63, 3.8) is 0 Å². The molecule has 1 aliphatic carbocycles. The Morgan fingerprint density at radius 3 is 1.93 bits per heavy atom. The summed E-state index contributed by atoms with van der Waals surface area (Å²) in [4.78, 5) is 0. The average molecular weight is 503 g/mol. The molecule has 2 fully saturated rings. The summed E-state index contributed by atoms with van der Waals surface area (Å²) >= 11 is -2.70. The Kier molecular flexibility index (Phi) is 11.1. The fourth-order valence-electron chi connectivity index (χ4n) is 6.28. The molecule has 1 aliphatic heterocycles. The minimum atomic E-state index is -2.70. The van der Waals surface area contributed by atoms with Gasteiger partial charge in [0, 0.05) is 0 Å². The quantitative estimate of drug-likeness (QED) is 0.300. The van der Waals surface area contributed by atoms with Crippen LogP contribution in [-0.4, -0.2) is 52.0 Å². The van der Waals surface area contributed by atoms with Crippen LogP contribution in [0, 0.1) is 11.3 Å². The van der Waals surface area contributed by atoms with E-state index < -0.39 is 18.4 Å². The van der Waals surface area contributed by atoms with Gasteiger partial charge in [-0.2, -0.15) is 0 Å². The third-order valence-corrected chi connectivity index (χ3v) is 24.8. The predicted octanol–water partition coefficient (Wildman–Crippen LogP) is 6.08. The molecular formula is C24H48O3Sn. The molecule has 3 nitrogen and oxygen atoms in total. The van der Waals surface area contributed by atoms with Gasteiger partial charge < -0.3 is 0 Å². The number of hydrogen-bond acceptors (Lipinski definition) is 3. The van der Waals surface area contributed by atoms with Gasteiger partial charge in [-0.05, 0) is 0 Å². The first-order valence-corrected chi connectivity index (χ1v) is 20.2. The van der Waals surface area contributed by atoms with Gasteiger partial charge in [-0.3, -0.25) is 0 Å². The van der Waals surface area contributed by atoms with Gasteiger partial charge in [0.05, 0.1) is 0 Å². The molecule has 0 amide bonds. The van der Waals surface area contributed by atoms with Crippen LogP contribution in [0.5, 0.6) is 0 Å². The minimum absolute atomic E-state index is 0.123. The van der Waals surface area contributed by atoms with Crippen LogP contribution in [0.3, 0.4) is 0 Å². The third-order valence-electron chi connectivity index (χ3n) is 7.99. The molecule has 1 saturated carbocycles. The molecule has 166 valence electrons. The summed E-state index contributed by atoms with van der Waals surface area (Å²) in [5, 5.41) is 22.3. The molecule has 1 saturated heterocycles. The Morgan fingerprint density at radius 2 is 1.46 bits per heavy atom. The zero-order valence-corrected chi connectivity index (χ0v) is 21.9. The van der Waals surface area contributed by atoms with Gasteiger partial charge in [0.15, 0.2) is 0 Å². The van der Waals surface area contributed by atoms with E-state index in [1.165, 1.54) is 71.1 Å². The first-order chi connectivity index (χ1) is 13.6. The Balaban J connectivity index is 2.35. The molecule has 0 unspecified atom stereocenters. The normalized spacial score (nSPS) is 28.0. The number of rotatable bonds is 13. The summed E-state index contributed by atoms with van der Waals surface area (Å²) in [6, 6.07) is 0. The maximum atomic E-state index is 11.6. The number of unbranched alkanes of at least 4 members (excludes halogenated alkanes) is 3. The van der Waals surface area contributed by atoms with Crippen LogP contribution in [0.1, 0.15) is 97.8 Å². The van der Waals surface area contributed by atoms with Gasteiger partial charge in [-0.15, -0.1) is 0 Å². The topological polar surface area (TPSA) is 49.7 Å². The molecule has 4 heteroatoms. The summed E-state index contributed by atoms with van der Waals surface area (Å²) in [6.07, 6.45) is 14.2. The van der Waals surface area contributed by atoms with E-state index in [1.807, 2.05) is 0 Å². The Hall–Kier alpha value is 0.679. The fourth-order valence-corrected chi connectivity index (χ4v) is 25.7. The number of aliphatic hydroxyl groups is 2. The molecule has 0 aromatic rings. The zero-order chi connectivity index (χ0) is 20.5. The Morgan fingerprint density at radius 1 is 0.929 bits per heavy atom. The van der Waals surface area contributed by atoms with E-state index >= 15 is 0 Å². The summed E-state index contributed by atoms with van der Waals surface area (Å²) < 4.78 is 11.0. The van der Waals surface area contributed by atoms with E-state index in [-0.39, 0.29) is 22.2 Å². The van der Waals surface area contributed by atoms with Crippen molar-refractivity contribution in [3.05, 3.63) is 0 Å². The molecule has 0 radical (unpaired) electrons. The molecular weight excluding hydrogens is 455 g/mol. The Bertz CT molecular complexity index is 402. The van der Waals surface area contributed by atoms with Crippen LogP contribution >= 0.6 is 0 Å². The summed E-state index contributed by atoms with van der Waals surface area (Å²) in [5.41, 5.74) is -0.368. The van der Waals surface area contributed by atoms with Crippen LogP contribution in [0.2, 0.25) is 13.3 Å². The van der Waals surface area contributed by atoms with Gasteiger partial charge >= 0.3 is 179 Å². The molecule has 2 rings (SSSR count). The fraction of sp³-hybridized carbons (Fsp3) is 1.00. The molecule has 3 atom stereocenters. The van der Waals surface area contributed by atoms with E-state index in [1.54, 1.807) is 0 Å². The summed E-state index contributed by atoms with van der Waals surface area (Å²) in [5.74, 6) is 0.373. The van der Waals surface area contributed by atoms with E-state index in [9.17, 15) is 10.2 Å². The van der Waals surface area contributed by atoms with Crippen molar-refractivity contribution in [2.75, 3.05) is 13.2 Å². The first kappa shape index (κ1) is 24.9. The van der Waals surface area contributed by atoms with Gasteiger partial charge in [0.2, 0.25) is 0 Å². The molecule has 28 heavy (non-hydrogen) atoms. The second-order valence-corrected chi connectivity index (χ2v) is 23.5. The summed E-state index contributed by atoms with van der Waals surface area (Å²) in [6.45, 7) is 7.79. The summed E-state index contributed by atoms with van der Waals surface area (Å²) in [7, 11) is 0. The van der Waals surface area contributed by atoms with Crippen LogP contribution in [-0.2, 0) is 4.74 Å².